The van der Waals surface area contributed by atoms with E-state index in [-0.39, 0.29) is 37.5 Å². The Morgan fingerprint density at radius 1 is 0.318 bits per heavy atom. The Morgan fingerprint density at radius 3 is 0.970 bits per heavy atom. The van der Waals surface area contributed by atoms with Gasteiger partial charge < -0.3 is 14.2 Å². The number of esters is 3. The summed E-state index contributed by atoms with van der Waals surface area (Å²) in [6, 6.07) is 0. The van der Waals surface area contributed by atoms with E-state index in [1.165, 1.54) is 57.8 Å². The third kappa shape index (κ3) is 50.8. The third-order valence-electron chi connectivity index (χ3n) is 10.7. The first kappa shape index (κ1) is 61.8. The first-order chi connectivity index (χ1) is 32.5. The molecule has 372 valence electrons. The first-order valence-corrected chi connectivity index (χ1v) is 26.5. The van der Waals surface area contributed by atoms with Crippen molar-refractivity contribution in [3.05, 3.63) is 122 Å². The minimum atomic E-state index is -0.823. The standard InChI is InChI=1S/C60H96O6/c1-4-7-10-13-16-19-22-25-27-29-30-32-33-35-38-41-44-47-50-53-59(62)65-56-57(55-64-58(61)52-49-46-43-40-37-24-21-18-15-12-9-6-3)66-60(63)54-51-48-45-42-39-36-34-31-28-26-23-20-17-14-11-8-5-2/h7-8,10-11,16-17,19-20,25-28,30,32,34-36,38,42,45,57H,4-6,9,12-15,18,21-24,29,31,33,37,39-41,43-44,46-56H2,1-3H3/b10-7-,11-8-,19-16-,20-17-,27-25-,28-26-,32-30-,36-34-,38-35-,45-42-. The number of unbranched alkanes of at least 4 members (excludes halogenated alkanes) is 15. The number of hydrogen-bond donors (Lipinski definition) is 0. The van der Waals surface area contributed by atoms with Crippen LogP contribution in [0.4, 0.5) is 0 Å². The molecule has 0 aromatic heterocycles. The summed E-state index contributed by atoms with van der Waals surface area (Å²) in [5.74, 6) is -1.01. The molecule has 0 rings (SSSR count). The second-order valence-electron chi connectivity index (χ2n) is 17.0. The van der Waals surface area contributed by atoms with Gasteiger partial charge in [-0.3, -0.25) is 14.4 Å². The zero-order valence-corrected chi connectivity index (χ0v) is 42.4. The van der Waals surface area contributed by atoms with Gasteiger partial charge in [0.15, 0.2) is 6.10 Å². The number of allylic oxidation sites excluding steroid dienone is 20. The summed E-state index contributed by atoms with van der Waals surface area (Å²) < 4.78 is 16.7. The van der Waals surface area contributed by atoms with Gasteiger partial charge in [0, 0.05) is 19.3 Å². The van der Waals surface area contributed by atoms with Crippen LogP contribution in [-0.2, 0) is 28.6 Å². The summed E-state index contributed by atoms with van der Waals surface area (Å²) in [6.45, 7) is 6.32. The monoisotopic (exact) mass is 913 g/mol. The van der Waals surface area contributed by atoms with E-state index in [9.17, 15) is 14.4 Å². The smallest absolute Gasteiger partial charge is 0.306 e. The second kappa shape index (κ2) is 53.4. The summed E-state index contributed by atoms with van der Waals surface area (Å²) in [7, 11) is 0. The Bertz CT molecular complexity index is 1420. The molecule has 0 amide bonds. The van der Waals surface area contributed by atoms with Gasteiger partial charge in [-0.05, 0) is 103 Å². The Balaban J connectivity index is 4.54. The van der Waals surface area contributed by atoms with E-state index in [0.29, 0.717) is 19.3 Å². The van der Waals surface area contributed by atoms with E-state index in [1.807, 2.05) is 0 Å². The van der Waals surface area contributed by atoms with Crippen molar-refractivity contribution >= 4 is 17.9 Å². The Kier molecular flexibility index (Phi) is 50.0. The Morgan fingerprint density at radius 2 is 0.606 bits per heavy atom. The topological polar surface area (TPSA) is 78.9 Å². The predicted molar refractivity (Wildman–Crippen MR) is 283 cm³/mol. The van der Waals surface area contributed by atoms with Crippen LogP contribution in [0.25, 0.3) is 0 Å². The molecule has 0 spiro atoms. The van der Waals surface area contributed by atoms with Crippen LogP contribution in [0.15, 0.2) is 122 Å². The van der Waals surface area contributed by atoms with Crippen molar-refractivity contribution in [2.75, 3.05) is 13.2 Å². The number of carbonyl (C=O) groups excluding carboxylic acids is 3. The fourth-order valence-electron chi connectivity index (χ4n) is 6.80. The normalized spacial score (nSPS) is 13.1. The number of ether oxygens (including phenoxy) is 3. The van der Waals surface area contributed by atoms with Gasteiger partial charge in [0.2, 0.25) is 0 Å². The van der Waals surface area contributed by atoms with E-state index < -0.39 is 6.10 Å². The van der Waals surface area contributed by atoms with Gasteiger partial charge in [-0.15, -0.1) is 0 Å². The van der Waals surface area contributed by atoms with Gasteiger partial charge in [0.25, 0.3) is 0 Å². The molecule has 0 saturated carbocycles. The second-order valence-corrected chi connectivity index (χ2v) is 17.0. The van der Waals surface area contributed by atoms with Crippen molar-refractivity contribution in [3.63, 3.8) is 0 Å². The Hall–Kier alpha value is -4.19. The van der Waals surface area contributed by atoms with Crippen LogP contribution in [0.5, 0.6) is 0 Å². The van der Waals surface area contributed by atoms with Crippen LogP contribution in [0, 0.1) is 0 Å². The molecule has 0 aliphatic carbocycles. The van der Waals surface area contributed by atoms with Gasteiger partial charge in [-0.1, -0.05) is 219 Å². The molecular weight excluding hydrogens is 817 g/mol. The van der Waals surface area contributed by atoms with Gasteiger partial charge in [-0.25, -0.2) is 0 Å². The molecule has 0 radical (unpaired) electrons. The van der Waals surface area contributed by atoms with Gasteiger partial charge in [0.1, 0.15) is 13.2 Å². The molecule has 0 aliphatic heterocycles. The molecule has 0 aromatic rings. The zero-order valence-electron chi connectivity index (χ0n) is 42.4. The van der Waals surface area contributed by atoms with Crippen LogP contribution in [0.3, 0.4) is 0 Å². The molecule has 6 heteroatoms. The predicted octanol–water partition coefficient (Wildman–Crippen LogP) is 17.7. The van der Waals surface area contributed by atoms with Crippen LogP contribution in [-0.4, -0.2) is 37.2 Å². The highest BCUT2D eigenvalue weighted by Gasteiger charge is 2.19. The maximum atomic E-state index is 12.8. The van der Waals surface area contributed by atoms with Crippen molar-refractivity contribution in [2.45, 2.75) is 226 Å². The lowest BCUT2D eigenvalue weighted by Crippen LogP contribution is -2.30. The first-order valence-electron chi connectivity index (χ1n) is 26.5. The molecule has 0 fully saturated rings. The highest BCUT2D eigenvalue weighted by Crippen LogP contribution is 2.14. The average molecular weight is 913 g/mol. The number of hydrogen-bond acceptors (Lipinski definition) is 6. The SMILES string of the molecule is CC/C=C\C/C=C\C/C=C\C/C=C\C/C=C\CCCCCC(=O)OCC(COC(=O)CCCCCCCCCCCCCC)OC(=O)CCC/C=C\C/C=C\C/C=C\C/C=C\C/C=C\CC. The largest absolute Gasteiger partial charge is 0.462 e. The van der Waals surface area contributed by atoms with Gasteiger partial charge >= 0.3 is 17.9 Å². The molecule has 66 heavy (non-hydrogen) atoms. The fraction of sp³-hybridized carbons (Fsp3) is 0.617. The average Bonchev–Trinajstić information content (AvgIpc) is 3.31. The highest BCUT2D eigenvalue weighted by atomic mass is 16.6. The molecule has 0 heterocycles. The van der Waals surface area contributed by atoms with Crippen LogP contribution in [0.1, 0.15) is 220 Å². The lowest BCUT2D eigenvalue weighted by atomic mass is 10.0. The summed E-state index contributed by atoms with van der Waals surface area (Å²) in [5, 5.41) is 0. The van der Waals surface area contributed by atoms with E-state index in [1.54, 1.807) is 0 Å². The molecule has 0 N–H and O–H groups in total. The van der Waals surface area contributed by atoms with Crippen LogP contribution in [0.2, 0.25) is 0 Å². The summed E-state index contributed by atoms with van der Waals surface area (Å²) in [4.78, 5) is 38.0. The lowest BCUT2D eigenvalue weighted by Gasteiger charge is -2.18. The molecule has 0 saturated heterocycles. The molecular formula is C60H96O6. The fourth-order valence-corrected chi connectivity index (χ4v) is 6.80. The van der Waals surface area contributed by atoms with Crippen LogP contribution < -0.4 is 0 Å². The van der Waals surface area contributed by atoms with Crippen molar-refractivity contribution in [1.29, 1.82) is 0 Å². The maximum Gasteiger partial charge on any atom is 0.306 e. The third-order valence-corrected chi connectivity index (χ3v) is 10.7. The lowest BCUT2D eigenvalue weighted by molar-refractivity contribution is -0.167. The summed E-state index contributed by atoms with van der Waals surface area (Å²) in [6.07, 6.45) is 73.3. The zero-order chi connectivity index (χ0) is 47.9. The van der Waals surface area contributed by atoms with Crippen LogP contribution >= 0.6 is 0 Å². The van der Waals surface area contributed by atoms with Crippen molar-refractivity contribution < 1.29 is 28.6 Å². The van der Waals surface area contributed by atoms with E-state index >= 15 is 0 Å². The molecule has 0 aliphatic rings. The molecule has 1 atom stereocenters. The minimum Gasteiger partial charge on any atom is -0.462 e. The number of rotatable bonds is 46. The molecule has 1 unspecified atom stereocenters. The van der Waals surface area contributed by atoms with Crippen molar-refractivity contribution in [1.82, 2.24) is 0 Å². The molecule has 6 nitrogen and oxygen atoms in total. The minimum absolute atomic E-state index is 0.113. The van der Waals surface area contributed by atoms with Gasteiger partial charge in [0.05, 0.1) is 0 Å². The van der Waals surface area contributed by atoms with E-state index in [2.05, 4.69) is 142 Å². The summed E-state index contributed by atoms with van der Waals surface area (Å²) in [5.41, 5.74) is 0. The molecule has 0 bridgehead atoms. The van der Waals surface area contributed by atoms with Gasteiger partial charge in [-0.2, -0.15) is 0 Å². The van der Waals surface area contributed by atoms with E-state index in [0.717, 1.165) is 116 Å². The molecule has 0 aromatic carbocycles. The number of carbonyl (C=O) groups is 3. The quantitative estimate of drug-likeness (QED) is 0.0262. The van der Waals surface area contributed by atoms with E-state index in [4.69, 9.17) is 14.2 Å². The van der Waals surface area contributed by atoms with Crippen molar-refractivity contribution in [3.8, 4) is 0 Å². The maximum absolute atomic E-state index is 12.8. The Labute approximate surface area is 405 Å². The highest BCUT2D eigenvalue weighted by molar-refractivity contribution is 5.71. The summed E-state index contributed by atoms with van der Waals surface area (Å²) >= 11 is 0. The van der Waals surface area contributed by atoms with Crippen molar-refractivity contribution in [2.24, 2.45) is 0 Å².